The summed E-state index contributed by atoms with van der Waals surface area (Å²) in [5.41, 5.74) is 0. The van der Waals surface area contributed by atoms with E-state index in [2.05, 4.69) is 5.32 Å². The Bertz CT molecular complexity index is 323. The topological polar surface area (TPSA) is 93.4 Å². The normalized spacial score (nSPS) is 11.7. The van der Waals surface area contributed by atoms with Crippen LogP contribution in [-0.2, 0) is 4.79 Å². The Kier molecular flexibility index (Phi) is 7.52. The zero-order chi connectivity index (χ0) is 14.1. The molecular formula is C12H21N3O3. The van der Waals surface area contributed by atoms with Crippen LogP contribution in [0.5, 0.6) is 0 Å². The van der Waals surface area contributed by atoms with Gasteiger partial charge in [0, 0.05) is 13.1 Å². The van der Waals surface area contributed by atoms with E-state index in [4.69, 9.17) is 10.4 Å². The van der Waals surface area contributed by atoms with Crippen LogP contribution < -0.4 is 5.32 Å². The number of carboxylic acids is 1. The van der Waals surface area contributed by atoms with Crippen molar-refractivity contribution in [1.29, 1.82) is 5.26 Å². The fraction of sp³-hybridized carbons (Fsp3) is 0.750. The van der Waals surface area contributed by atoms with Crippen molar-refractivity contribution in [1.82, 2.24) is 10.2 Å². The van der Waals surface area contributed by atoms with E-state index in [1.807, 2.05) is 19.9 Å². The third-order valence-electron chi connectivity index (χ3n) is 2.37. The van der Waals surface area contributed by atoms with Crippen molar-refractivity contribution in [2.45, 2.75) is 39.7 Å². The van der Waals surface area contributed by atoms with E-state index in [1.165, 1.54) is 4.90 Å². The number of carbonyl (C=O) groups excluding carboxylic acids is 1. The average Bonchev–Trinajstić information content (AvgIpc) is 2.30. The standard InChI is InChI=1S/C12H21N3O3/c1-4-10(11(16)17)14-12(18)15(7-5-6-13)8-9(2)3/h9-10H,4-5,7-8H2,1-3H3,(H,14,18)(H,16,17)/t10-/m1/s1. The van der Waals surface area contributed by atoms with Crippen molar-refractivity contribution < 1.29 is 14.7 Å². The molecule has 6 heteroatoms. The first kappa shape index (κ1) is 16.2. The molecule has 0 fully saturated rings. The van der Waals surface area contributed by atoms with Gasteiger partial charge in [-0.05, 0) is 12.3 Å². The lowest BCUT2D eigenvalue weighted by atomic mass is 10.2. The number of carboxylic acid groups (broad SMARTS) is 1. The largest absolute Gasteiger partial charge is 0.480 e. The maximum atomic E-state index is 11.9. The van der Waals surface area contributed by atoms with Gasteiger partial charge in [0.25, 0.3) is 0 Å². The number of hydrogen-bond donors (Lipinski definition) is 2. The maximum Gasteiger partial charge on any atom is 0.326 e. The molecule has 0 unspecified atom stereocenters. The lowest BCUT2D eigenvalue weighted by Crippen LogP contribution is -2.48. The molecule has 0 saturated heterocycles. The van der Waals surface area contributed by atoms with Crippen molar-refractivity contribution in [3.05, 3.63) is 0 Å². The quantitative estimate of drug-likeness (QED) is 0.719. The smallest absolute Gasteiger partial charge is 0.326 e. The van der Waals surface area contributed by atoms with Crippen LogP contribution in [0.4, 0.5) is 4.79 Å². The second kappa shape index (κ2) is 8.34. The molecule has 0 heterocycles. The van der Waals surface area contributed by atoms with Gasteiger partial charge in [-0.1, -0.05) is 20.8 Å². The van der Waals surface area contributed by atoms with Crippen LogP contribution in [0.15, 0.2) is 0 Å². The van der Waals surface area contributed by atoms with Gasteiger partial charge in [-0.25, -0.2) is 9.59 Å². The van der Waals surface area contributed by atoms with E-state index in [0.717, 1.165) is 0 Å². The number of hydrogen-bond acceptors (Lipinski definition) is 3. The predicted molar refractivity (Wildman–Crippen MR) is 66.9 cm³/mol. The molecule has 6 nitrogen and oxygen atoms in total. The summed E-state index contributed by atoms with van der Waals surface area (Å²) in [6, 6.07) is 0.675. The Morgan fingerprint density at radius 1 is 1.44 bits per heavy atom. The number of rotatable bonds is 7. The molecule has 0 radical (unpaired) electrons. The van der Waals surface area contributed by atoms with Crippen LogP contribution in [0, 0.1) is 17.2 Å². The number of nitriles is 1. The number of nitrogens with one attached hydrogen (secondary N) is 1. The molecule has 0 aromatic heterocycles. The van der Waals surface area contributed by atoms with Crippen LogP contribution in [0.1, 0.15) is 33.6 Å². The molecule has 102 valence electrons. The van der Waals surface area contributed by atoms with Crippen LogP contribution in [0.2, 0.25) is 0 Å². The Hall–Kier alpha value is -1.77. The third kappa shape index (κ3) is 6.09. The minimum atomic E-state index is -1.05. The molecule has 0 rings (SSSR count). The molecule has 0 bridgehead atoms. The summed E-state index contributed by atoms with van der Waals surface area (Å²) in [6.45, 7) is 6.43. The summed E-state index contributed by atoms with van der Waals surface area (Å²) in [5.74, 6) is -0.782. The zero-order valence-corrected chi connectivity index (χ0v) is 11.1. The van der Waals surface area contributed by atoms with Crippen LogP contribution in [0.3, 0.4) is 0 Å². The van der Waals surface area contributed by atoms with Crippen LogP contribution >= 0.6 is 0 Å². The van der Waals surface area contributed by atoms with Gasteiger partial charge in [0.1, 0.15) is 6.04 Å². The van der Waals surface area contributed by atoms with Gasteiger partial charge in [-0.3, -0.25) is 0 Å². The molecule has 0 aliphatic rings. The minimum Gasteiger partial charge on any atom is -0.480 e. The Labute approximate surface area is 108 Å². The highest BCUT2D eigenvalue weighted by atomic mass is 16.4. The maximum absolute atomic E-state index is 11.9. The number of amides is 2. The van der Waals surface area contributed by atoms with Gasteiger partial charge < -0.3 is 15.3 Å². The lowest BCUT2D eigenvalue weighted by Gasteiger charge is -2.25. The lowest BCUT2D eigenvalue weighted by molar-refractivity contribution is -0.139. The second-order valence-electron chi connectivity index (χ2n) is 4.50. The van der Waals surface area contributed by atoms with E-state index in [9.17, 15) is 9.59 Å². The molecule has 2 amide bonds. The van der Waals surface area contributed by atoms with E-state index < -0.39 is 18.0 Å². The van der Waals surface area contributed by atoms with Gasteiger partial charge in [0.05, 0.1) is 12.5 Å². The monoisotopic (exact) mass is 255 g/mol. The minimum absolute atomic E-state index is 0.240. The fourth-order valence-corrected chi connectivity index (χ4v) is 1.48. The Morgan fingerprint density at radius 2 is 2.06 bits per heavy atom. The van der Waals surface area contributed by atoms with Crippen molar-refractivity contribution in [3.8, 4) is 6.07 Å². The summed E-state index contributed by atoms with van der Waals surface area (Å²) < 4.78 is 0. The van der Waals surface area contributed by atoms with Gasteiger partial charge in [-0.15, -0.1) is 0 Å². The number of urea groups is 1. The van der Waals surface area contributed by atoms with Crippen molar-refractivity contribution in [3.63, 3.8) is 0 Å². The highest BCUT2D eigenvalue weighted by Gasteiger charge is 2.21. The van der Waals surface area contributed by atoms with Gasteiger partial charge in [0.15, 0.2) is 0 Å². The molecule has 1 atom stereocenters. The molecule has 18 heavy (non-hydrogen) atoms. The van der Waals surface area contributed by atoms with Crippen molar-refractivity contribution in [2.75, 3.05) is 13.1 Å². The predicted octanol–water partition coefficient (Wildman–Crippen LogP) is 1.43. The molecule has 0 aromatic carbocycles. The first-order chi connectivity index (χ1) is 8.42. The molecule has 0 spiro atoms. The van der Waals surface area contributed by atoms with Gasteiger partial charge in [-0.2, -0.15) is 5.26 Å². The summed E-state index contributed by atoms with van der Waals surface area (Å²) in [7, 11) is 0. The van der Waals surface area contributed by atoms with E-state index >= 15 is 0 Å². The molecular weight excluding hydrogens is 234 g/mol. The molecule has 0 saturated carbocycles. The molecule has 2 N–H and O–H groups in total. The van der Waals surface area contributed by atoms with Crippen LogP contribution in [-0.4, -0.2) is 41.1 Å². The fourth-order valence-electron chi connectivity index (χ4n) is 1.48. The van der Waals surface area contributed by atoms with Crippen molar-refractivity contribution >= 4 is 12.0 Å². The summed E-state index contributed by atoms with van der Waals surface area (Å²) >= 11 is 0. The SMILES string of the molecule is CC[C@@H](NC(=O)N(CCC#N)CC(C)C)C(=O)O. The summed E-state index contributed by atoms with van der Waals surface area (Å²) in [4.78, 5) is 24.2. The van der Waals surface area contributed by atoms with Gasteiger partial charge >= 0.3 is 12.0 Å². The van der Waals surface area contributed by atoms with Gasteiger partial charge in [0.2, 0.25) is 0 Å². The number of nitrogens with zero attached hydrogens (tertiary/aromatic N) is 2. The highest BCUT2D eigenvalue weighted by Crippen LogP contribution is 2.02. The first-order valence-electron chi connectivity index (χ1n) is 6.07. The average molecular weight is 255 g/mol. The number of carbonyl (C=O) groups is 2. The van der Waals surface area contributed by atoms with E-state index in [-0.39, 0.29) is 12.3 Å². The zero-order valence-electron chi connectivity index (χ0n) is 11.1. The second-order valence-corrected chi connectivity index (χ2v) is 4.50. The highest BCUT2D eigenvalue weighted by molar-refractivity contribution is 5.82. The van der Waals surface area contributed by atoms with E-state index in [0.29, 0.717) is 19.5 Å². The van der Waals surface area contributed by atoms with Crippen molar-refractivity contribution in [2.24, 2.45) is 5.92 Å². The van der Waals surface area contributed by atoms with E-state index in [1.54, 1.807) is 6.92 Å². The molecule has 0 aromatic rings. The Balaban J connectivity index is 4.53. The third-order valence-corrected chi connectivity index (χ3v) is 2.37. The Morgan fingerprint density at radius 3 is 2.44 bits per heavy atom. The number of aliphatic carboxylic acids is 1. The summed E-state index contributed by atoms with van der Waals surface area (Å²) in [6.07, 6.45) is 0.568. The molecule has 0 aliphatic heterocycles. The van der Waals surface area contributed by atoms with Crippen LogP contribution in [0.25, 0.3) is 0 Å². The molecule has 0 aliphatic carbocycles. The summed E-state index contributed by atoms with van der Waals surface area (Å²) in [5, 5.41) is 19.9. The first-order valence-corrected chi connectivity index (χ1v) is 6.07.